The highest BCUT2D eigenvalue weighted by Crippen LogP contribution is 2.43. The zero-order valence-corrected chi connectivity index (χ0v) is 48.2. The molecule has 0 spiro atoms. The highest BCUT2D eigenvalue weighted by atomic mass is 31.2. The highest BCUT2D eigenvalue weighted by Gasteiger charge is 2.25. The Morgan fingerprint density at radius 1 is 0.371 bits per heavy atom. The van der Waals surface area contributed by atoms with Gasteiger partial charge >= 0.3 is 13.8 Å². The van der Waals surface area contributed by atoms with E-state index >= 15 is 0 Å². The number of nitrogens with two attached hydrogens (primary N) is 1. The number of hydrogen-bond donors (Lipinski definition) is 2. The fraction of sp³-hybridized carbons (Fsp3) is 0.984. The van der Waals surface area contributed by atoms with Crippen LogP contribution >= 0.6 is 7.82 Å². The number of esters is 1. The number of rotatable bonds is 62. The zero-order chi connectivity index (χ0) is 50.8. The lowest BCUT2D eigenvalue weighted by molar-refractivity contribution is -0.154. The standard InChI is InChI=1S/C61H124NO7P/c1-3-5-7-9-11-13-15-17-19-21-23-25-26-27-28-29-30-31-32-33-34-35-36-38-40-42-44-46-48-50-52-54-61(63)69-60(59-68-70(64,65)67-57-55-62)58-66-56-53-51-49-47-45-43-41-39-37-24-22-20-18-16-14-12-10-8-6-4-2/h60H,3-59,62H2,1-2H3,(H,64,65)/t60-/m1/s1. The molecule has 3 N–H and O–H groups in total. The normalized spacial score (nSPS) is 13.0. The van der Waals surface area contributed by atoms with E-state index in [4.69, 9.17) is 24.3 Å². The van der Waals surface area contributed by atoms with Crippen molar-refractivity contribution in [2.75, 3.05) is 33.0 Å². The maximum Gasteiger partial charge on any atom is 0.472 e. The first-order chi connectivity index (χ1) is 34.4. The van der Waals surface area contributed by atoms with Gasteiger partial charge in [-0.3, -0.25) is 13.8 Å². The fourth-order valence-electron chi connectivity index (χ4n) is 9.89. The van der Waals surface area contributed by atoms with E-state index in [1.165, 1.54) is 295 Å². The Morgan fingerprint density at radius 2 is 0.629 bits per heavy atom. The quantitative estimate of drug-likeness (QED) is 0.0351. The second-order valence-corrected chi connectivity index (χ2v) is 23.1. The molecule has 0 bridgehead atoms. The molecule has 8 nitrogen and oxygen atoms in total. The largest absolute Gasteiger partial charge is 0.472 e. The van der Waals surface area contributed by atoms with E-state index in [9.17, 15) is 14.3 Å². The second kappa shape index (κ2) is 59.4. The van der Waals surface area contributed by atoms with Gasteiger partial charge in [0.05, 0.1) is 19.8 Å². The van der Waals surface area contributed by atoms with Gasteiger partial charge in [-0.2, -0.15) is 0 Å². The molecule has 0 saturated carbocycles. The number of phosphoric ester groups is 1. The maximum absolute atomic E-state index is 12.7. The van der Waals surface area contributed by atoms with Crippen molar-refractivity contribution in [2.24, 2.45) is 5.73 Å². The van der Waals surface area contributed by atoms with Crippen molar-refractivity contribution in [1.82, 2.24) is 0 Å². The van der Waals surface area contributed by atoms with Gasteiger partial charge in [-0.15, -0.1) is 0 Å². The van der Waals surface area contributed by atoms with Crippen LogP contribution in [0.3, 0.4) is 0 Å². The van der Waals surface area contributed by atoms with Crippen LogP contribution in [0.15, 0.2) is 0 Å². The van der Waals surface area contributed by atoms with Crippen LogP contribution in [0.4, 0.5) is 0 Å². The van der Waals surface area contributed by atoms with Gasteiger partial charge in [0, 0.05) is 19.6 Å². The van der Waals surface area contributed by atoms with Crippen LogP contribution in [0.1, 0.15) is 348 Å². The topological polar surface area (TPSA) is 117 Å². The average Bonchev–Trinajstić information content (AvgIpc) is 3.35. The summed E-state index contributed by atoms with van der Waals surface area (Å²) in [6.45, 7) is 5.03. The van der Waals surface area contributed by atoms with E-state index in [0.717, 1.165) is 32.1 Å². The van der Waals surface area contributed by atoms with Crippen molar-refractivity contribution >= 4 is 13.8 Å². The molecule has 0 rings (SSSR count). The molecule has 0 aromatic rings. The number of phosphoric acid groups is 1. The third-order valence-electron chi connectivity index (χ3n) is 14.5. The van der Waals surface area contributed by atoms with Gasteiger partial charge in [0.15, 0.2) is 0 Å². The molecule has 420 valence electrons. The molecule has 9 heteroatoms. The smallest absolute Gasteiger partial charge is 0.457 e. The Morgan fingerprint density at radius 3 is 0.900 bits per heavy atom. The molecule has 1 unspecified atom stereocenters. The molecule has 0 amide bonds. The molecule has 70 heavy (non-hydrogen) atoms. The van der Waals surface area contributed by atoms with Gasteiger partial charge in [-0.25, -0.2) is 4.57 Å². The van der Waals surface area contributed by atoms with Gasteiger partial charge < -0.3 is 20.1 Å². The number of carbonyl (C=O) groups excluding carboxylic acids is 1. The molecule has 0 aliphatic rings. The number of ether oxygens (including phenoxy) is 2. The van der Waals surface area contributed by atoms with E-state index in [1.54, 1.807) is 0 Å². The van der Waals surface area contributed by atoms with Crippen molar-refractivity contribution < 1.29 is 32.8 Å². The maximum atomic E-state index is 12.7. The molecule has 0 fully saturated rings. The summed E-state index contributed by atoms with van der Waals surface area (Å²) in [5.41, 5.74) is 5.41. The second-order valence-electron chi connectivity index (χ2n) is 21.6. The van der Waals surface area contributed by atoms with Crippen LogP contribution < -0.4 is 5.73 Å². The van der Waals surface area contributed by atoms with Gasteiger partial charge in [0.25, 0.3) is 0 Å². The van der Waals surface area contributed by atoms with E-state index in [2.05, 4.69) is 13.8 Å². The summed E-state index contributed by atoms with van der Waals surface area (Å²) in [5.74, 6) is -0.318. The Bertz CT molecular complexity index is 1050. The molecular formula is C61H124NO7P. The van der Waals surface area contributed by atoms with Gasteiger partial charge in [-0.05, 0) is 12.8 Å². The predicted molar refractivity (Wildman–Crippen MR) is 303 cm³/mol. The van der Waals surface area contributed by atoms with Gasteiger partial charge in [0.2, 0.25) is 0 Å². The summed E-state index contributed by atoms with van der Waals surface area (Å²) in [6, 6.07) is 0. The Balaban J connectivity index is 3.74. The summed E-state index contributed by atoms with van der Waals surface area (Å²) in [5, 5.41) is 0. The lowest BCUT2D eigenvalue weighted by Crippen LogP contribution is -2.28. The van der Waals surface area contributed by atoms with E-state index in [-0.39, 0.29) is 32.3 Å². The first-order valence-corrected chi connectivity index (χ1v) is 33.0. The summed E-state index contributed by atoms with van der Waals surface area (Å²) < 4.78 is 33.7. The number of carbonyl (C=O) groups is 1. The number of unbranched alkanes of at least 4 members (excludes halogenated alkanes) is 49. The monoisotopic (exact) mass is 1010 g/mol. The summed E-state index contributed by atoms with van der Waals surface area (Å²) >= 11 is 0. The average molecular weight is 1010 g/mol. The molecular weight excluding hydrogens is 890 g/mol. The van der Waals surface area contributed by atoms with Crippen LogP contribution in [-0.2, 0) is 27.9 Å². The Kier molecular flexibility index (Phi) is 59.0. The molecule has 0 aliphatic heterocycles. The highest BCUT2D eigenvalue weighted by molar-refractivity contribution is 7.47. The van der Waals surface area contributed by atoms with Crippen LogP contribution in [0, 0.1) is 0 Å². The van der Waals surface area contributed by atoms with Crippen molar-refractivity contribution in [1.29, 1.82) is 0 Å². The first-order valence-electron chi connectivity index (χ1n) is 31.5. The predicted octanol–water partition coefficient (Wildman–Crippen LogP) is 20.3. The van der Waals surface area contributed by atoms with Gasteiger partial charge in [-0.1, -0.05) is 328 Å². The summed E-state index contributed by atoms with van der Waals surface area (Å²) in [6.07, 6.45) is 69.0. The Hall–Kier alpha value is -0.500. The molecule has 0 radical (unpaired) electrons. The van der Waals surface area contributed by atoms with Crippen LogP contribution in [0.5, 0.6) is 0 Å². The minimum absolute atomic E-state index is 0.0894. The third kappa shape index (κ3) is 58.4. The molecule has 0 aromatic heterocycles. The lowest BCUT2D eigenvalue weighted by atomic mass is 10.0. The fourth-order valence-corrected chi connectivity index (χ4v) is 10.7. The molecule has 0 saturated heterocycles. The van der Waals surface area contributed by atoms with Gasteiger partial charge in [0.1, 0.15) is 6.10 Å². The van der Waals surface area contributed by atoms with E-state index in [1.807, 2.05) is 0 Å². The number of hydrogen-bond acceptors (Lipinski definition) is 7. The third-order valence-corrected chi connectivity index (χ3v) is 15.5. The summed E-state index contributed by atoms with van der Waals surface area (Å²) in [4.78, 5) is 22.7. The van der Waals surface area contributed by atoms with E-state index < -0.39 is 13.9 Å². The van der Waals surface area contributed by atoms with Crippen molar-refractivity contribution in [3.05, 3.63) is 0 Å². The van der Waals surface area contributed by atoms with Crippen molar-refractivity contribution in [2.45, 2.75) is 354 Å². The van der Waals surface area contributed by atoms with Crippen LogP contribution in [0.25, 0.3) is 0 Å². The Labute approximate surface area is 437 Å². The lowest BCUT2D eigenvalue weighted by Gasteiger charge is -2.20. The minimum Gasteiger partial charge on any atom is -0.457 e. The van der Waals surface area contributed by atoms with Crippen LogP contribution in [-0.4, -0.2) is 49.9 Å². The van der Waals surface area contributed by atoms with Crippen LogP contribution in [0.2, 0.25) is 0 Å². The first kappa shape index (κ1) is 69.5. The molecule has 2 atom stereocenters. The van der Waals surface area contributed by atoms with E-state index in [0.29, 0.717) is 13.0 Å². The summed E-state index contributed by atoms with van der Waals surface area (Å²) in [7, 11) is -4.28. The van der Waals surface area contributed by atoms with Crippen molar-refractivity contribution in [3.63, 3.8) is 0 Å². The molecule has 0 heterocycles. The SMILES string of the molecule is CCCCCCCCCCCCCCCCCCCCCCCCCCCCCCCCCC(=O)O[C@H](COCCCCCCCCCCCCCCCCCCCCCC)COP(=O)(O)OCCN. The molecule has 0 aromatic carbocycles. The zero-order valence-electron chi connectivity index (χ0n) is 47.3. The van der Waals surface area contributed by atoms with Crippen molar-refractivity contribution in [3.8, 4) is 0 Å². The molecule has 0 aliphatic carbocycles. The minimum atomic E-state index is -4.28.